The van der Waals surface area contributed by atoms with Crippen molar-refractivity contribution in [3.8, 4) is 5.69 Å². The Morgan fingerprint density at radius 1 is 1.30 bits per heavy atom. The molecule has 3 rings (SSSR count). The van der Waals surface area contributed by atoms with Gasteiger partial charge < -0.3 is 9.67 Å². The van der Waals surface area contributed by atoms with Gasteiger partial charge in [-0.15, -0.1) is 0 Å². The Hall–Kier alpha value is -2.17. The summed E-state index contributed by atoms with van der Waals surface area (Å²) in [6, 6.07) is 5.10. The number of halogens is 1. The summed E-state index contributed by atoms with van der Waals surface area (Å²) < 4.78 is 15.8. The molecular weight excluding hydrogens is 295 g/mol. The van der Waals surface area contributed by atoms with Crippen molar-refractivity contribution in [2.24, 2.45) is 11.8 Å². The Kier molecular flexibility index (Phi) is 4.46. The number of aliphatic carboxylic acids is 1. The van der Waals surface area contributed by atoms with Gasteiger partial charge in [-0.25, -0.2) is 9.37 Å². The fourth-order valence-electron chi connectivity index (χ4n) is 3.49. The first-order valence-electron chi connectivity index (χ1n) is 8.05. The van der Waals surface area contributed by atoms with Crippen LogP contribution in [0, 0.1) is 24.6 Å². The maximum Gasteiger partial charge on any atom is 0.306 e. The van der Waals surface area contributed by atoms with Crippen LogP contribution in [0.5, 0.6) is 0 Å². The van der Waals surface area contributed by atoms with Crippen molar-refractivity contribution in [3.05, 3.63) is 47.8 Å². The smallest absolute Gasteiger partial charge is 0.306 e. The minimum Gasteiger partial charge on any atom is -0.481 e. The maximum atomic E-state index is 14.0. The lowest BCUT2D eigenvalue weighted by Crippen LogP contribution is -2.22. The number of rotatable bonds is 4. The van der Waals surface area contributed by atoms with E-state index in [2.05, 4.69) is 4.98 Å². The summed E-state index contributed by atoms with van der Waals surface area (Å²) in [5.41, 5.74) is 1.75. The molecule has 0 bridgehead atoms. The normalized spacial score (nSPS) is 21.3. The van der Waals surface area contributed by atoms with Gasteiger partial charge in [0, 0.05) is 18.1 Å². The van der Waals surface area contributed by atoms with Crippen LogP contribution in [0.4, 0.5) is 4.39 Å². The van der Waals surface area contributed by atoms with E-state index in [1.54, 1.807) is 12.3 Å². The van der Waals surface area contributed by atoms with Gasteiger partial charge in [0.15, 0.2) is 0 Å². The number of benzene rings is 1. The molecule has 1 aliphatic carbocycles. The number of imidazole rings is 1. The molecular formula is C18H21FN2O2. The molecule has 1 fully saturated rings. The number of aryl methyl sites for hydroxylation is 1. The highest BCUT2D eigenvalue weighted by molar-refractivity contribution is 5.70. The van der Waals surface area contributed by atoms with Gasteiger partial charge in [0.1, 0.15) is 11.6 Å². The summed E-state index contributed by atoms with van der Waals surface area (Å²) in [5, 5.41) is 9.06. The number of aromatic nitrogens is 2. The van der Waals surface area contributed by atoms with Crippen LogP contribution in [0.2, 0.25) is 0 Å². The van der Waals surface area contributed by atoms with Crippen molar-refractivity contribution >= 4 is 5.97 Å². The second-order valence-corrected chi connectivity index (χ2v) is 6.42. The standard InChI is InChI=1S/C18H21FN2O2/c1-12-20-6-7-21(12)17-10-14(9-16(19)11-17)8-13-2-4-15(5-3-13)18(22)23/h6-7,9-11,13,15H,2-5,8H2,1H3,(H,22,23)/t13-,15-. The van der Waals surface area contributed by atoms with E-state index in [-0.39, 0.29) is 11.7 Å². The summed E-state index contributed by atoms with van der Waals surface area (Å²) in [4.78, 5) is 15.2. The second-order valence-electron chi connectivity index (χ2n) is 6.42. The van der Waals surface area contributed by atoms with E-state index in [0.717, 1.165) is 49.2 Å². The van der Waals surface area contributed by atoms with Crippen LogP contribution in [0.15, 0.2) is 30.6 Å². The molecule has 23 heavy (non-hydrogen) atoms. The molecule has 1 N–H and O–H groups in total. The van der Waals surface area contributed by atoms with Gasteiger partial charge in [0.25, 0.3) is 0 Å². The molecule has 1 aliphatic rings. The van der Waals surface area contributed by atoms with Gasteiger partial charge >= 0.3 is 5.97 Å². The molecule has 0 saturated heterocycles. The van der Waals surface area contributed by atoms with Gasteiger partial charge in [-0.2, -0.15) is 0 Å². The molecule has 1 aromatic carbocycles. The molecule has 4 nitrogen and oxygen atoms in total. The highest BCUT2D eigenvalue weighted by Crippen LogP contribution is 2.31. The zero-order valence-corrected chi connectivity index (χ0v) is 13.2. The first-order chi connectivity index (χ1) is 11.0. The third-order valence-electron chi connectivity index (χ3n) is 4.77. The van der Waals surface area contributed by atoms with Gasteiger partial charge in [0.2, 0.25) is 0 Å². The lowest BCUT2D eigenvalue weighted by molar-refractivity contribution is -0.143. The monoisotopic (exact) mass is 316 g/mol. The summed E-state index contributed by atoms with van der Waals surface area (Å²) in [6.07, 6.45) is 7.56. The minimum absolute atomic E-state index is 0.206. The highest BCUT2D eigenvalue weighted by Gasteiger charge is 2.26. The molecule has 1 heterocycles. The zero-order chi connectivity index (χ0) is 16.4. The second kappa shape index (κ2) is 6.52. The van der Waals surface area contributed by atoms with Crippen molar-refractivity contribution in [2.75, 3.05) is 0 Å². The van der Waals surface area contributed by atoms with Gasteiger partial charge in [-0.05, 0) is 68.7 Å². The summed E-state index contributed by atoms with van der Waals surface area (Å²) in [6.45, 7) is 1.89. The number of hydrogen-bond donors (Lipinski definition) is 1. The van der Waals surface area contributed by atoms with Crippen LogP contribution in [-0.4, -0.2) is 20.6 Å². The van der Waals surface area contributed by atoms with Crippen molar-refractivity contribution in [1.29, 1.82) is 0 Å². The minimum atomic E-state index is -0.688. The summed E-state index contributed by atoms with van der Waals surface area (Å²) >= 11 is 0. The molecule has 0 spiro atoms. The summed E-state index contributed by atoms with van der Waals surface area (Å²) in [5.74, 6) is 0.118. The Morgan fingerprint density at radius 3 is 2.65 bits per heavy atom. The molecule has 0 aliphatic heterocycles. The van der Waals surface area contributed by atoms with Gasteiger partial charge in [-0.1, -0.05) is 0 Å². The fraction of sp³-hybridized carbons (Fsp3) is 0.444. The lowest BCUT2D eigenvalue weighted by atomic mass is 9.79. The molecule has 2 aromatic rings. The van der Waals surface area contributed by atoms with Crippen LogP contribution in [0.25, 0.3) is 5.69 Å². The molecule has 5 heteroatoms. The van der Waals surface area contributed by atoms with Crippen molar-refractivity contribution in [3.63, 3.8) is 0 Å². The number of carboxylic acid groups (broad SMARTS) is 1. The number of carboxylic acids is 1. The van der Waals surface area contributed by atoms with Crippen LogP contribution >= 0.6 is 0 Å². The third kappa shape index (κ3) is 3.60. The van der Waals surface area contributed by atoms with Gasteiger partial charge in [-0.3, -0.25) is 4.79 Å². The van der Waals surface area contributed by atoms with E-state index in [4.69, 9.17) is 5.11 Å². The SMILES string of the molecule is Cc1nccn1-c1cc(F)cc(C[C@H]2CC[C@H](C(=O)O)CC2)c1. The van der Waals surface area contributed by atoms with Crippen LogP contribution in [0.3, 0.4) is 0 Å². The Labute approximate surface area is 135 Å². The third-order valence-corrected chi connectivity index (χ3v) is 4.77. The molecule has 0 radical (unpaired) electrons. The highest BCUT2D eigenvalue weighted by atomic mass is 19.1. The lowest BCUT2D eigenvalue weighted by Gasteiger charge is -2.26. The molecule has 0 atom stereocenters. The first-order valence-corrected chi connectivity index (χ1v) is 8.05. The quantitative estimate of drug-likeness (QED) is 0.934. The largest absolute Gasteiger partial charge is 0.481 e. The number of carbonyl (C=O) groups is 1. The van der Waals surface area contributed by atoms with E-state index in [0.29, 0.717) is 5.92 Å². The van der Waals surface area contributed by atoms with Crippen molar-refractivity contribution < 1.29 is 14.3 Å². The molecule has 1 aromatic heterocycles. The predicted molar refractivity (Wildman–Crippen MR) is 85.0 cm³/mol. The van der Waals surface area contributed by atoms with Crippen LogP contribution in [-0.2, 0) is 11.2 Å². The fourth-order valence-corrected chi connectivity index (χ4v) is 3.49. The Balaban J connectivity index is 1.73. The van der Waals surface area contributed by atoms with Crippen molar-refractivity contribution in [1.82, 2.24) is 9.55 Å². The maximum absolute atomic E-state index is 14.0. The average molecular weight is 316 g/mol. The average Bonchev–Trinajstić information content (AvgIpc) is 2.93. The zero-order valence-electron chi connectivity index (χ0n) is 13.2. The molecule has 0 unspecified atom stereocenters. The molecule has 0 amide bonds. The molecule has 1 saturated carbocycles. The molecule has 122 valence electrons. The number of nitrogens with zero attached hydrogens (tertiary/aromatic N) is 2. The van der Waals surface area contributed by atoms with E-state index < -0.39 is 5.97 Å². The van der Waals surface area contributed by atoms with E-state index in [9.17, 15) is 9.18 Å². The van der Waals surface area contributed by atoms with Crippen LogP contribution in [0.1, 0.15) is 37.1 Å². The van der Waals surface area contributed by atoms with E-state index in [1.165, 1.54) is 6.07 Å². The van der Waals surface area contributed by atoms with E-state index >= 15 is 0 Å². The first kappa shape index (κ1) is 15.7. The van der Waals surface area contributed by atoms with Crippen molar-refractivity contribution in [2.45, 2.75) is 39.0 Å². The number of hydrogen-bond acceptors (Lipinski definition) is 2. The van der Waals surface area contributed by atoms with Gasteiger partial charge in [0.05, 0.1) is 5.92 Å². The topological polar surface area (TPSA) is 55.1 Å². The summed E-state index contributed by atoms with van der Waals surface area (Å²) in [7, 11) is 0. The predicted octanol–water partition coefficient (Wildman–Crippen LogP) is 3.75. The van der Waals surface area contributed by atoms with E-state index in [1.807, 2.05) is 23.8 Å². The van der Waals surface area contributed by atoms with Crippen LogP contribution < -0.4 is 0 Å². The Bertz CT molecular complexity index is 703. The Morgan fingerprint density at radius 2 is 2.04 bits per heavy atom.